The monoisotopic (exact) mass is 308 g/mol. The maximum absolute atomic E-state index is 12.2. The SMILES string of the molecule is COc1ccc(S(=O)(=O)NC(C)(C)CON)cc1Cl. The van der Waals surface area contributed by atoms with Crippen LogP contribution in [0.15, 0.2) is 23.1 Å². The Balaban J connectivity index is 3.04. The molecule has 0 atom stereocenters. The average Bonchev–Trinajstić information content (AvgIpc) is 2.27. The Morgan fingerprint density at radius 3 is 2.53 bits per heavy atom. The predicted molar refractivity (Wildman–Crippen MR) is 72.5 cm³/mol. The maximum Gasteiger partial charge on any atom is 0.241 e. The Labute approximate surface area is 117 Å². The number of rotatable bonds is 6. The maximum atomic E-state index is 12.2. The molecule has 0 aliphatic carbocycles. The first kappa shape index (κ1) is 16.2. The van der Waals surface area contributed by atoms with Gasteiger partial charge in [0.15, 0.2) is 0 Å². The summed E-state index contributed by atoms with van der Waals surface area (Å²) >= 11 is 5.91. The van der Waals surface area contributed by atoms with Crippen LogP contribution in [0.2, 0.25) is 5.02 Å². The minimum Gasteiger partial charge on any atom is -0.495 e. The van der Waals surface area contributed by atoms with Crippen LogP contribution >= 0.6 is 11.6 Å². The molecule has 1 rings (SSSR count). The van der Waals surface area contributed by atoms with Crippen molar-refractivity contribution in [1.29, 1.82) is 0 Å². The second-order valence-electron chi connectivity index (χ2n) is 4.60. The van der Waals surface area contributed by atoms with Crippen LogP contribution in [0.5, 0.6) is 5.75 Å². The Morgan fingerprint density at radius 2 is 2.05 bits per heavy atom. The number of halogens is 1. The Kier molecular flexibility index (Phi) is 5.17. The standard InChI is InChI=1S/C11H17ClN2O4S/c1-11(2,7-18-13)14-19(15,16)8-4-5-10(17-3)9(12)6-8/h4-6,14H,7,13H2,1-3H3. The molecule has 0 amide bonds. The van der Waals surface area contributed by atoms with Crippen molar-refractivity contribution in [2.45, 2.75) is 24.3 Å². The van der Waals surface area contributed by atoms with E-state index in [0.717, 1.165) is 0 Å². The van der Waals surface area contributed by atoms with Crippen molar-refractivity contribution >= 4 is 21.6 Å². The van der Waals surface area contributed by atoms with Gasteiger partial charge in [0, 0.05) is 0 Å². The summed E-state index contributed by atoms with van der Waals surface area (Å²) in [5.41, 5.74) is -0.833. The first-order chi connectivity index (χ1) is 8.72. The van der Waals surface area contributed by atoms with Crippen molar-refractivity contribution in [1.82, 2.24) is 4.72 Å². The Hall–Kier alpha value is -0.860. The van der Waals surface area contributed by atoms with Crippen molar-refractivity contribution in [2.75, 3.05) is 13.7 Å². The van der Waals surface area contributed by atoms with Crippen LogP contribution in [0, 0.1) is 0 Å². The molecule has 0 unspecified atom stereocenters. The molecule has 0 spiro atoms. The lowest BCUT2D eigenvalue weighted by atomic mass is 10.1. The highest BCUT2D eigenvalue weighted by Gasteiger charge is 2.27. The van der Waals surface area contributed by atoms with E-state index in [4.69, 9.17) is 22.2 Å². The van der Waals surface area contributed by atoms with E-state index in [1.54, 1.807) is 13.8 Å². The Bertz CT molecular complexity index is 546. The summed E-state index contributed by atoms with van der Waals surface area (Å²) in [6.45, 7) is 3.35. The highest BCUT2D eigenvalue weighted by atomic mass is 35.5. The summed E-state index contributed by atoms with van der Waals surface area (Å²) in [6.07, 6.45) is 0. The van der Waals surface area contributed by atoms with Crippen LogP contribution in [-0.2, 0) is 14.9 Å². The molecule has 108 valence electrons. The lowest BCUT2D eigenvalue weighted by molar-refractivity contribution is 0.0929. The number of methoxy groups -OCH3 is 1. The first-order valence-corrected chi connectivity index (χ1v) is 7.27. The van der Waals surface area contributed by atoms with Crippen molar-refractivity contribution < 1.29 is 18.0 Å². The van der Waals surface area contributed by atoms with Gasteiger partial charge in [0.05, 0.1) is 29.2 Å². The zero-order valence-electron chi connectivity index (χ0n) is 10.9. The number of nitrogens with two attached hydrogens (primary N) is 1. The first-order valence-electron chi connectivity index (χ1n) is 5.41. The van der Waals surface area contributed by atoms with Crippen molar-refractivity contribution in [3.63, 3.8) is 0 Å². The summed E-state index contributed by atoms with van der Waals surface area (Å²) < 4.78 is 31.8. The molecule has 0 heterocycles. The fourth-order valence-electron chi connectivity index (χ4n) is 1.47. The van der Waals surface area contributed by atoms with E-state index in [9.17, 15) is 8.42 Å². The summed E-state index contributed by atoms with van der Waals surface area (Å²) in [5.74, 6) is 5.37. The smallest absolute Gasteiger partial charge is 0.241 e. The van der Waals surface area contributed by atoms with Gasteiger partial charge in [0.1, 0.15) is 5.75 Å². The van der Waals surface area contributed by atoms with Gasteiger partial charge >= 0.3 is 0 Å². The molecule has 3 N–H and O–H groups in total. The quantitative estimate of drug-likeness (QED) is 0.773. The zero-order chi connectivity index (χ0) is 14.7. The third kappa shape index (κ3) is 4.32. The summed E-state index contributed by atoms with van der Waals surface area (Å²) in [4.78, 5) is 4.52. The van der Waals surface area contributed by atoms with Gasteiger partial charge in [-0.05, 0) is 32.0 Å². The summed E-state index contributed by atoms with van der Waals surface area (Å²) in [5, 5.41) is 0.221. The van der Waals surface area contributed by atoms with Gasteiger partial charge in [0.2, 0.25) is 10.0 Å². The van der Waals surface area contributed by atoms with E-state index < -0.39 is 15.6 Å². The van der Waals surface area contributed by atoms with Crippen molar-refractivity contribution in [3.8, 4) is 5.75 Å². The van der Waals surface area contributed by atoms with Crippen LogP contribution in [0.4, 0.5) is 0 Å². The van der Waals surface area contributed by atoms with Gasteiger partial charge < -0.3 is 9.57 Å². The normalized spacial score (nSPS) is 12.5. The van der Waals surface area contributed by atoms with Gasteiger partial charge in [0.25, 0.3) is 0 Å². The van der Waals surface area contributed by atoms with E-state index in [-0.39, 0.29) is 16.5 Å². The summed E-state index contributed by atoms with van der Waals surface area (Å²) in [7, 11) is -2.26. The lowest BCUT2D eigenvalue weighted by Gasteiger charge is -2.24. The molecule has 0 bridgehead atoms. The molecule has 0 saturated heterocycles. The van der Waals surface area contributed by atoms with E-state index in [1.165, 1.54) is 25.3 Å². The van der Waals surface area contributed by atoms with Crippen LogP contribution in [0.25, 0.3) is 0 Å². The third-order valence-corrected chi connectivity index (χ3v) is 4.28. The van der Waals surface area contributed by atoms with E-state index in [1.807, 2.05) is 0 Å². The van der Waals surface area contributed by atoms with Crippen LogP contribution in [0.3, 0.4) is 0 Å². The van der Waals surface area contributed by atoms with E-state index in [2.05, 4.69) is 9.56 Å². The van der Waals surface area contributed by atoms with E-state index in [0.29, 0.717) is 5.75 Å². The van der Waals surface area contributed by atoms with E-state index >= 15 is 0 Å². The van der Waals surface area contributed by atoms with Crippen molar-refractivity contribution in [2.24, 2.45) is 5.90 Å². The highest BCUT2D eigenvalue weighted by Crippen LogP contribution is 2.27. The molecule has 0 aromatic heterocycles. The van der Waals surface area contributed by atoms with Crippen LogP contribution in [0.1, 0.15) is 13.8 Å². The van der Waals surface area contributed by atoms with Gasteiger partial charge in [-0.2, -0.15) is 0 Å². The number of hydrogen-bond acceptors (Lipinski definition) is 5. The highest BCUT2D eigenvalue weighted by molar-refractivity contribution is 7.89. The predicted octanol–water partition coefficient (Wildman–Crippen LogP) is 1.30. The molecule has 8 heteroatoms. The molecule has 19 heavy (non-hydrogen) atoms. The molecular formula is C11H17ClN2O4S. The third-order valence-electron chi connectivity index (χ3n) is 2.29. The second-order valence-corrected chi connectivity index (χ2v) is 6.69. The molecule has 0 aliphatic rings. The second kappa shape index (κ2) is 6.06. The van der Waals surface area contributed by atoms with Crippen molar-refractivity contribution in [3.05, 3.63) is 23.2 Å². The number of hydrogen-bond donors (Lipinski definition) is 2. The molecule has 0 aliphatic heterocycles. The lowest BCUT2D eigenvalue weighted by Crippen LogP contribution is -2.47. The molecule has 0 saturated carbocycles. The molecular weight excluding hydrogens is 292 g/mol. The minimum absolute atomic E-state index is 0.0378. The number of nitrogens with one attached hydrogen (secondary N) is 1. The average molecular weight is 309 g/mol. The summed E-state index contributed by atoms with van der Waals surface area (Å²) in [6, 6.07) is 4.22. The number of ether oxygens (including phenoxy) is 1. The largest absolute Gasteiger partial charge is 0.495 e. The molecule has 0 radical (unpaired) electrons. The molecule has 0 fully saturated rings. The number of benzene rings is 1. The van der Waals surface area contributed by atoms with Crippen LogP contribution in [-0.4, -0.2) is 27.7 Å². The van der Waals surface area contributed by atoms with Gasteiger partial charge in [-0.15, -0.1) is 0 Å². The minimum atomic E-state index is -3.71. The number of sulfonamides is 1. The zero-order valence-corrected chi connectivity index (χ0v) is 12.5. The van der Waals surface area contributed by atoms with Gasteiger partial charge in [-0.3, -0.25) is 0 Å². The fraction of sp³-hybridized carbons (Fsp3) is 0.455. The fourth-order valence-corrected chi connectivity index (χ4v) is 3.22. The topological polar surface area (TPSA) is 90.7 Å². The Morgan fingerprint density at radius 1 is 1.42 bits per heavy atom. The molecule has 6 nitrogen and oxygen atoms in total. The van der Waals surface area contributed by atoms with Gasteiger partial charge in [-0.1, -0.05) is 11.6 Å². The molecule has 1 aromatic rings. The molecule has 1 aromatic carbocycles. The van der Waals surface area contributed by atoms with Crippen LogP contribution < -0.4 is 15.4 Å². The van der Waals surface area contributed by atoms with Gasteiger partial charge in [-0.25, -0.2) is 19.0 Å².